The van der Waals surface area contributed by atoms with Crippen molar-refractivity contribution in [2.24, 2.45) is 0 Å². The molecular weight excluding hydrogens is 404 g/mol. The van der Waals surface area contributed by atoms with Gasteiger partial charge in [-0.3, -0.25) is 0 Å². The maximum Gasteiger partial charge on any atom is 0.435 e. The molecule has 1 aromatic heterocycles. The van der Waals surface area contributed by atoms with Crippen LogP contribution in [0.5, 0.6) is 0 Å². The van der Waals surface area contributed by atoms with Gasteiger partial charge in [0.05, 0.1) is 17.6 Å². The van der Waals surface area contributed by atoms with E-state index in [1.807, 2.05) is 0 Å². The molecule has 1 heterocycles. The molecular formula is C17H11ClF4N4S. The first kappa shape index (κ1) is 19.1. The van der Waals surface area contributed by atoms with Crippen LogP contribution in [0.1, 0.15) is 5.69 Å². The van der Waals surface area contributed by atoms with Gasteiger partial charge in [-0.1, -0.05) is 17.7 Å². The van der Waals surface area contributed by atoms with Crippen LogP contribution in [0.2, 0.25) is 5.02 Å². The van der Waals surface area contributed by atoms with Crippen molar-refractivity contribution in [2.75, 3.05) is 10.6 Å². The summed E-state index contributed by atoms with van der Waals surface area (Å²) in [4.78, 5) is 0. The van der Waals surface area contributed by atoms with E-state index >= 15 is 0 Å². The Bertz CT molecular complexity index is 970. The molecule has 0 saturated carbocycles. The first-order valence-corrected chi connectivity index (χ1v) is 8.27. The SMILES string of the molecule is Fc1cccc(NC(=S)Nc2cnn(-c3ccc(Cl)cc3)c2C(F)(F)F)c1. The van der Waals surface area contributed by atoms with E-state index in [0.717, 1.165) is 16.9 Å². The quantitative estimate of drug-likeness (QED) is 0.439. The number of alkyl halides is 3. The van der Waals surface area contributed by atoms with Crippen LogP contribution in [-0.2, 0) is 6.18 Å². The minimum atomic E-state index is -4.70. The van der Waals surface area contributed by atoms with Gasteiger partial charge in [0.15, 0.2) is 10.8 Å². The lowest BCUT2D eigenvalue weighted by atomic mass is 10.3. The molecule has 2 aromatic carbocycles. The molecule has 4 nitrogen and oxygen atoms in total. The highest BCUT2D eigenvalue weighted by Gasteiger charge is 2.39. The van der Waals surface area contributed by atoms with Crippen LogP contribution in [0.25, 0.3) is 5.69 Å². The van der Waals surface area contributed by atoms with Gasteiger partial charge in [0.25, 0.3) is 0 Å². The summed E-state index contributed by atoms with van der Waals surface area (Å²) in [5, 5.41) is 9.13. The van der Waals surface area contributed by atoms with E-state index in [-0.39, 0.29) is 16.5 Å². The van der Waals surface area contributed by atoms with Crippen molar-refractivity contribution in [1.29, 1.82) is 0 Å². The molecule has 0 bridgehead atoms. The van der Waals surface area contributed by atoms with E-state index in [2.05, 4.69) is 15.7 Å². The highest BCUT2D eigenvalue weighted by atomic mass is 35.5. The topological polar surface area (TPSA) is 41.9 Å². The van der Waals surface area contributed by atoms with Gasteiger partial charge in [-0.25, -0.2) is 9.07 Å². The van der Waals surface area contributed by atoms with E-state index in [1.165, 1.54) is 42.5 Å². The largest absolute Gasteiger partial charge is 0.435 e. The molecule has 0 saturated heterocycles. The van der Waals surface area contributed by atoms with Crippen LogP contribution in [0, 0.1) is 5.82 Å². The number of nitrogens with zero attached hydrogens (tertiary/aromatic N) is 2. The average molecular weight is 415 g/mol. The molecule has 0 radical (unpaired) electrons. The fourth-order valence-corrected chi connectivity index (χ4v) is 2.70. The van der Waals surface area contributed by atoms with Crippen molar-refractivity contribution in [3.05, 3.63) is 71.3 Å². The third-order valence-corrected chi connectivity index (χ3v) is 3.90. The first-order valence-electron chi connectivity index (χ1n) is 7.49. The lowest BCUT2D eigenvalue weighted by molar-refractivity contribution is -0.142. The number of rotatable bonds is 3. The number of anilines is 2. The number of benzene rings is 2. The predicted octanol–water partition coefficient (Wildman–Crippen LogP) is 5.49. The zero-order valence-electron chi connectivity index (χ0n) is 13.4. The molecule has 3 rings (SSSR count). The fraction of sp³-hybridized carbons (Fsp3) is 0.0588. The molecule has 0 spiro atoms. The molecule has 10 heteroatoms. The van der Waals surface area contributed by atoms with E-state index < -0.39 is 17.7 Å². The van der Waals surface area contributed by atoms with Gasteiger partial charge >= 0.3 is 6.18 Å². The van der Waals surface area contributed by atoms with Crippen LogP contribution < -0.4 is 10.6 Å². The van der Waals surface area contributed by atoms with Gasteiger partial charge in [0.2, 0.25) is 0 Å². The second-order valence-electron chi connectivity index (χ2n) is 5.38. The predicted molar refractivity (Wildman–Crippen MR) is 99.8 cm³/mol. The van der Waals surface area contributed by atoms with E-state index in [4.69, 9.17) is 23.8 Å². The maximum atomic E-state index is 13.6. The molecule has 0 atom stereocenters. The Hall–Kier alpha value is -2.65. The van der Waals surface area contributed by atoms with Crippen molar-refractivity contribution < 1.29 is 17.6 Å². The van der Waals surface area contributed by atoms with Gasteiger partial charge in [-0.15, -0.1) is 0 Å². The Balaban J connectivity index is 1.89. The number of thiocarbonyl (C=S) groups is 1. The molecule has 0 fully saturated rings. The second-order valence-corrected chi connectivity index (χ2v) is 6.23. The summed E-state index contributed by atoms with van der Waals surface area (Å²) < 4.78 is 54.7. The van der Waals surface area contributed by atoms with Crippen LogP contribution in [0.4, 0.5) is 28.9 Å². The van der Waals surface area contributed by atoms with Gasteiger partial charge in [-0.2, -0.15) is 18.3 Å². The summed E-state index contributed by atoms with van der Waals surface area (Å²) in [6.45, 7) is 0. The molecule has 0 amide bonds. The Morgan fingerprint density at radius 2 is 1.78 bits per heavy atom. The molecule has 27 heavy (non-hydrogen) atoms. The number of aromatic nitrogens is 2. The van der Waals surface area contributed by atoms with Gasteiger partial charge < -0.3 is 10.6 Å². The lowest BCUT2D eigenvalue weighted by Crippen LogP contribution is -2.22. The van der Waals surface area contributed by atoms with Crippen molar-refractivity contribution >= 4 is 40.3 Å². The molecule has 0 aliphatic heterocycles. The first-order chi connectivity index (χ1) is 12.7. The zero-order chi connectivity index (χ0) is 19.6. The monoisotopic (exact) mass is 414 g/mol. The van der Waals surface area contributed by atoms with E-state index in [9.17, 15) is 17.6 Å². The van der Waals surface area contributed by atoms with Gasteiger partial charge in [0, 0.05) is 10.7 Å². The van der Waals surface area contributed by atoms with E-state index in [0.29, 0.717) is 10.7 Å². The summed E-state index contributed by atoms with van der Waals surface area (Å²) in [6.07, 6.45) is -3.69. The lowest BCUT2D eigenvalue weighted by Gasteiger charge is -2.15. The van der Waals surface area contributed by atoms with Crippen LogP contribution in [-0.4, -0.2) is 14.9 Å². The molecule has 140 valence electrons. The third-order valence-electron chi connectivity index (χ3n) is 3.44. The summed E-state index contributed by atoms with van der Waals surface area (Å²) >= 11 is 10.8. The smallest absolute Gasteiger partial charge is 0.332 e. The van der Waals surface area contributed by atoms with Crippen molar-refractivity contribution in [3.63, 3.8) is 0 Å². The fourth-order valence-electron chi connectivity index (χ4n) is 2.34. The second kappa shape index (κ2) is 7.53. The molecule has 3 aromatic rings. The van der Waals surface area contributed by atoms with Crippen LogP contribution in [0.3, 0.4) is 0 Å². The molecule has 0 aliphatic carbocycles. The Kier molecular flexibility index (Phi) is 5.33. The van der Waals surface area contributed by atoms with Crippen LogP contribution >= 0.6 is 23.8 Å². The third kappa shape index (κ3) is 4.55. The molecule has 0 unspecified atom stereocenters. The van der Waals surface area contributed by atoms with Crippen LogP contribution in [0.15, 0.2) is 54.7 Å². The van der Waals surface area contributed by atoms with Crippen molar-refractivity contribution in [2.45, 2.75) is 6.18 Å². The number of hydrogen-bond donors (Lipinski definition) is 2. The normalized spacial score (nSPS) is 11.3. The summed E-state index contributed by atoms with van der Waals surface area (Å²) in [7, 11) is 0. The molecule has 0 aliphatic rings. The highest BCUT2D eigenvalue weighted by Crippen LogP contribution is 2.36. The zero-order valence-corrected chi connectivity index (χ0v) is 15.0. The molecule has 2 N–H and O–H groups in total. The number of halogens is 5. The Morgan fingerprint density at radius 1 is 1.07 bits per heavy atom. The highest BCUT2D eigenvalue weighted by molar-refractivity contribution is 7.80. The minimum Gasteiger partial charge on any atom is -0.332 e. The van der Waals surface area contributed by atoms with Crippen molar-refractivity contribution in [3.8, 4) is 5.69 Å². The summed E-state index contributed by atoms with van der Waals surface area (Å²) in [5.41, 5.74) is -0.894. The Labute approximate surface area is 161 Å². The van der Waals surface area contributed by atoms with Gasteiger partial charge in [0.1, 0.15) is 5.82 Å². The summed E-state index contributed by atoms with van der Waals surface area (Å²) in [6, 6.07) is 11.1. The Morgan fingerprint density at radius 3 is 2.41 bits per heavy atom. The van der Waals surface area contributed by atoms with Crippen molar-refractivity contribution in [1.82, 2.24) is 9.78 Å². The average Bonchev–Trinajstić information content (AvgIpc) is 2.99. The number of nitrogens with one attached hydrogen (secondary N) is 2. The number of hydrogen-bond acceptors (Lipinski definition) is 2. The standard InChI is InChI=1S/C17H11ClF4N4S/c18-10-4-6-13(7-5-10)26-15(17(20,21)22)14(9-23-26)25-16(27)24-12-3-1-2-11(19)8-12/h1-9H,(H2,24,25,27). The maximum absolute atomic E-state index is 13.6. The summed E-state index contributed by atoms with van der Waals surface area (Å²) in [5.74, 6) is -0.505. The minimum absolute atomic E-state index is 0.137. The van der Waals surface area contributed by atoms with E-state index in [1.54, 1.807) is 0 Å². The van der Waals surface area contributed by atoms with Gasteiger partial charge in [-0.05, 0) is 54.7 Å².